The first kappa shape index (κ1) is 19.9. The second kappa shape index (κ2) is 8.91. The standard InChI is InChI=1S/C21H29N3O2S/c1-14(2)17-11-10-15(3)12-18(17)26-19(25)13-27-21-23-22-20(24(21)4)16-8-6-5-7-9-16/h5-9,14-15,17-18H,10-13H2,1-4H3. The van der Waals surface area contributed by atoms with Gasteiger partial charge in [-0.2, -0.15) is 0 Å². The van der Waals surface area contributed by atoms with Gasteiger partial charge in [0, 0.05) is 12.6 Å². The van der Waals surface area contributed by atoms with Crippen LogP contribution in [-0.4, -0.2) is 32.6 Å². The molecule has 0 saturated heterocycles. The number of nitrogens with zero attached hydrogens (tertiary/aromatic N) is 3. The molecule has 1 saturated carbocycles. The Kier molecular flexibility index (Phi) is 6.58. The highest BCUT2D eigenvalue weighted by atomic mass is 32.2. The molecular weight excluding hydrogens is 358 g/mol. The molecule has 1 heterocycles. The summed E-state index contributed by atoms with van der Waals surface area (Å²) >= 11 is 1.38. The first-order valence-electron chi connectivity index (χ1n) is 9.72. The molecule has 1 fully saturated rings. The Morgan fingerprint density at radius 1 is 1.26 bits per heavy atom. The van der Waals surface area contributed by atoms with Crippen LogP contribution in [0.5, 0.6) is 0 Å². The molecule has 5 nitrogen and oxygen atoms in total. The van der Waals surface area contributed by atoms with Gasteiger partial charge in [0.25, 0.3) is 0 Å². The molecule has 1 aliphatic rings. The van der Waals surface area contributed by atoms with Gasteiger partial charge in [-0.05, 0) is 30.6 Å². The van der Waals surface area contributed by atoms with Crippen molar-refractivity contribution in [2.24, 2.45) is 24.8 Å². The molecule has 1 aromatic carbocycles. The van der Waals surface area contributed by atoms with Crippen LogP contribution in [0.4, 0.5) is 0 Å². The van der Waals surface area contributed by atoms with Crippen molar-refractivity contribution in [3.63, 3.8) is 0 Å². The number of esters is 1. The van der Waals surface area contributed by atoms with Crippen molar-refractivity contribution in [3.05, 3.63) is 30.3 Å². The first-order chi connectivity index (χ1) is 13.0. The maximum Gasteiger partial charge on any atom is 0.316 e. The summed E-state index contributed by atoms with van der Waals surface area (Å²) < 4.78 is 7.79. The van der Waals surface area contributed by atoms with Gasteiger partial charge in [-0.25, -0.2) is 0 Å². The molecule has 1 aromatic heterocycles. The van der Waals surface area contributed by atoms with E-state index in [4.69, 9.17) is 4.74 Å². The molecule has 146 valence electrons. The molecule has 2 aromatic rings. The third kappa shape index (κ3) is 4.92. The number of hydrogen-bond donors (Lipinski definition) is 0. The summed E-state index contributed by atoms with van der Waals surface area (Å²) in [5, 5.41) is 9.22. The highest BCUT2D eigenvalue weighted by Gasteiger charge is 2.33. The zero-order valence-electron chi connectivity index (χ0n) is 16.6. The number of carbonyl (C=O) groups excluding carboxylic acids is 1. The van der Waals surface area contributed by atoms with Gasteiger partial charge in [-0.3, -0.25) is 4.79 Å². The summed E-state index contributed by atoms with van der Waals surface area (Å²) in [4.78, 5) is 12.4. The molecule has 3 unspecified atom stereocenters. The van der Waals surface area contributed by atoms with Crippen molar-refractivity contribution < 1.29 is 9.53 Å². The molecule has 0 radical (unpaired) electrons. The second-order valence-corrected chi connectivity index (χ2v) is 8.82. The van der Waals surface area contributed by atoms with Gasteiger partial charge < -0.3 is 9.30 Å². The Balaban J connectivity index is 1.58. The van der Waals surface area contributed by atoms with Crippen LogP contribution >= 0.6 is 11.8 Å². The van der Waals surface area contributed by atoms with E-state index in [1.165, 1.54) is 18.2 Å². The molecule has 27 heavy (non-hydrogen) atoms. The van der Waals surface area contributed by atoms with E-state index >= 15 is 0 Å². The lowest BCUT2D eigenvalue weighted by Crippen LogP contribution is -2.36. The fourth-order valence-corrected chi connectivity index (χ4v) is 4.55. The van der Waals surface area contributed by atoms with Crippen LogP contribution in [0.25, 0.3) is 11.4 Å². The van der Waals surface area contributed by atoms with Crippen molar-refractivity contribution in [2.45, 2.75) is 51.3 Å². The smallest absolute Gasteiger partial charge is 0.316 e. The van der Waals surface area contributed by atoms with Crippen LogP contribution in [-0.2, 0) is 16.6 Å². The van der Waals surface area contributed by atoms with Crippen molar-refractivity contribution in [2.75, 3.05) is 5.75 Å². The Morgan fingerprint density at radius 2 is 2.00 bits per heavy atom. The third-order valence-electron chi connectivity index (χ3n) is 5.43. The van der Waals surface area contributed by atoms with Gasteiger partial charge in [-0.1, -0.05) is 69.3 Å². The SMILES string of the molecule is CC1CCC(C(C)C)C(OC(=O)CSc2nnc(-c3ccccc3)n2C)C1. The van der Waals surface area contributed by atoms with Gasteiger partial charge in [0.2, 0.25) is 0 Å². The number of hydrogen-bond acceptors (Lipinski definition) is 5. The predicted octanol–water partition coefficient (Wildman–Crippen LogP) is 4.58. The monoisotopic (exact) mass is 387 g/mol. The van der Waals surface area contributed by atoms with Gasteiger partial charge >= 0.3 is 5.97 Å². The molecule has 0 N–H and O–H groups in total. The molecule has 6 heteroatoms. The average molecular weight is 388 g/mol. The van der Waals surface area contributed by atoms with Crippen molar-refractivity contribution in [1.29, 1.82) is 0 Å². The Bertz CT molecular complexity index is 760. The van der Waals surface area contributed by atoms with E-state index < -0.39 is 0 Å². The zero-order valence-corrected chi connectivity index (χ0v) is 17.4. The third-order valence-corrected chi connectivity index (χ3v) is 6.42. The number of benzene rings is 1. The lowest BCUT2D eigenvalue weighted by molar-refractivity contribution is -0.152. The summed E-state index contributed by atoms with van der Waals surface area (Å²) in [5.41, 5.74) is 1.01. The lowest BCUT2D eigenvalue weighted by atomic mass is 9.75. The van der Waals surface area contributed by atoms with Crippen molar-refractivity contribution in [3.8, 4) is 11.4 Å². The topological polar surface area (TPSA) is 57.0 Å². The van der Waals surface area contributed by atoms with Crippen LogP contribution < -0.4 is 0 Å². The van der Waals surface area contributed by atoms with E-state index in [0.29, 0.717) is 17.8 Å². The molecule has 3 atom stereocenters. The summed E-state index contributed by atoms with van der Waals surface area (Å²) in [5.74, 6) is 2.53. The minimum absolute atomic E-state index is 0.0428. The minimum Gasteiger partial charge on any atom is -0.461 e. The lowest BCUT2D eigenvalue weighted by Gasteiger charge is -2.36. The fraction of sp³-hybridized carbons (Fsp3) is 0.571. The summed E-state index contributed by atoms with van der Waals surface area (Å²) in [6.45, 7) is 6.69. The Hall–Kier alpha value is -1.82. The van der Waals surface area contributed by atoms with Gasteiger partial charge in [0.05, 0.1) is 5.75 Å². The van der Waals surface area contributed by atoms with Crippen LogP contribution in [0, 0.1) is 17.8 Å². The number of aromatic nitrogens is 3. The van der Waals surface area contributed by atoms with E-state index in [9.17, 15) is 4.79 Å². The van der Waals surface area contributed by atoms with Crippen LogP contribution in [0.1, 0.15) is 40.0 Å². The van der Waals surface area contributed by atoms with Crippen LogP contribution in [0.15, 0.2) is 35.5 Å². The fourth-order valence-electron chi connectivity index (χ4n) is 3.86. The highest BCUT2D eigenvalue weighted by Crippen LogP contribution is 2.35. The number of carbonyl (C=O) groups is 1. The van der Waals surface area contributed by atoms with Gasteiger partial charge in [-0.15, -0.1) is 10.2 Å². The van der Waals surface area contributed by atoms with Gasteiger partial charge in [0.15, 0.2) is 11.0 Å². The van der Waals surface area contributed by atoms with Crippen molar-refractivity contribution >= 4 is 17.7 Å². The molecule has 1 aliphatic carbocycles. The minimum atomic E-state index is -0.158. The molecule has 0 spiro atoms. The van der Waals surface area contributed by atoms with E-state index in [1.807, 2.05) is 41.9 Å². The van der Waals surface area contributed by atoms with Crippen LogP contribution in [0.3, 0.4) is 0 Å². The van der Waals surface area contributed by atoms with E-state index in [1.54, 1.807) is 0 Å². The largest absolute Gasteiger partial charge is 0.461 e. The predicted molar refractivity (Wildman–Crippen MR) is 108 cm³/mol. The summed E-state index contributed by atoms with van der Waals surface area (Å²) in [6.07, 6.45) is 3.39. The molecule has 3 rings (SSSR count). The maximum absolute atomic E-state index is 12.4. The number of rotatable bonds is 6. The van der Waals surface area contributed by atoms with Gasteiger partial charge in [0.1, 0.15) is 6.10 Å². The quantitative estimate of drug-likeness (QED) is 0.536. The Morgan fingerprint density at radius 3 is 2.70 bits per heavy atom. The average Bonchev–Trinajstić information content (AvgIpc) is 3.01. The summed E-state index contributed by atoms with van der Waals surface area (Å²) in [6, 6.07) is 9.93. The van der Waals surface area contributed by atoms with E-state index in [2.05, 4.69) is 31.0 Å². The highest BCUT2D eigenvalue weighted by molar-refractivity contribution is 7.99. The summed E-state index contributed by atoms with van der Waals surface area (Å²) in [7, 11) is 1.92. The van der Waals surface area contributed by atoms with E-state index in [0.717, 1.165) is 29.4 Å². The van der Waals surface area contributed by atoms with Crippen molar-refractivity contribution in [1.82, 2.24) is 14.8 Å². The van der Waals surface area contributed by atoms with E-state index in [-0.39, 0.29) is 17.8 Å². The molecule has 0 aliphatic heterocycles. The number of ether oxygens (including phenoxy) is 1. The molecule has 0 amide bonds. The Labute approximate surface area is 165 Å². The number of thioether (sulfide) groups is 1. The van der Waals surface area contributed by atoms with Crippen LogP contribution in [0.2, 0.25) is 0 Å². The zero-order chi connectivity index (χ0) is 19.4. The molecule has 0 bridgehead atoms. The second-order valence-electron chi connectivity index (χ2n) is 7.87. The normalized spacial score (nSPS) is 22.8. The maximum atomic E-state index is 12.4. The first-order valence-corrected chi connectivity index (χ1v) is 10.7. The molecular formula is C21H29N3O2S.